The zero-order valence-electron chi connectivity index (χ0n) is 10.9. The largest absolute Gasteiger partial charge is 0.397 e. The number of nitrogens with zero attached hydrogens (tertiary/aromatic N) is 1. The molecule has 1 atom stereocenters. The Morgan fingerprint density at radius 1 is 1.53 bits per heavy atom. The van der Waals surface area contributed by atoms with Gasteiger partial charge >= 0.3 is 0 Å². The van der Waals surface area contributed by atoms with E-state index >= 15 is 0 Å². The minimum absolute atomic E-state index is 0.0239. The molecule has 5 heteroatoms. The van der Waals surface area contributed by atoms with Crippen LogP contribution in [-0.4, -0.2) is 30.2 Å². The number of nitrogen functional groups attached to an aromatic ring is 1. The number of anilines is 1. The smallest absolute Gasteiger partial charge is 0.268 e. The Kier molecular flexibility index (Phi) is 4.57. The summed E-state index contributed by atoms with van der Waals surface area (Å²) in [6.07, 6.45) is 1.78. The SMILES string of the molecule is COCC(C)NC(=O)c1cc(N)cn1C(C)C. The highest BCUT2D eigenvalue weighted by atomic mass is 16.5. The number of hydrogen-bond donors (Lipinski definition) is 2. The minimum Gasteiger partial charge on any atom is -0.397 e. The second-order valence-electron chi connectivity index (χ2n) is 4.49. The molecule has 0 aliphatic carbocycles. The lowest BCUT2D eigenvalue weighted by molar-refractivity contribution is 0.0895. The number of aromatic nitrogens is 1. The Balaban J connectivity index is 2.81. The first-order valence-corrected chi connectivity index (χ1v) is 5.72. The number of nitrogens with two attached hydrogens (primary N) is 1. The highest BCUT2D eigenvalue weighted by molar-refractivity contribution is 5.94. The number of rotatable bonds is 5. The molecule has 96 valence electrons. The average molecular weight is 239 g/mol. The van der Waals surface area contributed by atoms with Gasteiger partial charge in [-0.2, -0.15) is 0 Å². The van der Waals surface area contributed by atoms with Gasteiger partial charge in [0.05, 0.1) is 12.3 Å². The van der Waals surface area contributed by atoms with Gasteiger partial charge in [-0.3, -0.25) is 4.79 Å². The molecule has 0 aliphatic heterocycles. The van der Waals surface area contributed by atoms with Gasteiger partial charge in [-0.1, -0.05) is 0 Å². The topological polar surface area (TPSA) is 69.3 Å². The molecule has 5 nitrogen and oxygen atoms in total. The maximum atomic E-state index is 12.0. The number of ether oxygens (including phenoxy) is 1. The van der Waals surface area contributed by atoms with Crippen molar-refractivity contribution < 1.29 is 9.53 Å². The van der Waals surface area contributed by atoms with Crippen molar-refractivity contribution in [3.05, 3.63) is 18.0 Å². The molecule has 0 fully saturated rings. The van der Waals surface area contributed by atoms with Crippen molar-refractivity contribution in [2.45, 2.75) is 32.9 Å². The molecule has 0 aromatic carbocycles. The van der Waals surface area contributed by atoms with Gasteiger partial charge in [0.25, 0.3) is 5.91 Å². The molecule has 3 N–H and O–H groups in total. The molecule has 1 amide bonds. The number of hydrogen-bond acceptors (Lipinski definition) is 3. The van der Waals surface area contributed by atoms with Crippen LogP contribution in [0.1, 0.15) is 37.3 Å². The molecule has 0 radical (unpaired) electrons. The van der Waals surface area contributed by atoms with Gasteiger partial charge in [0, 0.05) is 25.4 Å². The highest BCUT2D eigenvalue weighted by Crippen LogP contribution is 2.16. The van der Waals surface area contributed by atoms with E-state index in [1.165, 1.54) is 0 Å². The molecular formula is C12H21N3O2. The van der Waals surface area contributed by atoms with Crippen molar-refractivity contribution >= 4 is 11.6 Å². The number of carbonyl (C=O) groups is 1. The van der Waals surface area contributed by atoms with Crippen LogP contribution in [-0.2, 0) is 4.74 Å². The second kappa shape index (κ2) is 5.72. The molecule has 0 bridgehead atoms. The zero-order chi connectivity index (χ0) is 13.0. The van der Waals surface area contributed by atoms with Crippen molar-refractivity contribution in [3.63, 3.8) is 0 Å². The third-order valence-electron chi connectivity index (χ3n) is 2.45. The van der Waals surface area contributed by atoms with Gasteiger partial charge in [0.2, 0.25) is 0 Å². The lowest BCUT2D eigenvalue weighted by Gasteiger charge is -2.16. The Hall–Kier alpha value is -1.49. The van der Waals surface area contributed by atoms with Crippen molar-refractivity contribution in [2.75, 3.05) is 19.5 Å². The van der Waals surface area contributed by atoms with Crippen LogP contribution in [0.3, 0.4) is 0 Å². The molecule has 0 saturated carbocycles. The van der Waals surface area contributed by atoms with Crippen LogP contribution in [0.25, 0.3) is 0 Å². The standard InChI is InChI=1S/C12H21N3O2/c1-8(2)15-6-10(13)5-11(15)12(16)14-9(3)7-17-4/h5-6,8-9H,7,13H2,1-4H3,(H,14,16). The summed E-state index contributed by atoms with van der Waals surface area (Å²) in [5.74, 6) is -0.125. The van der Waals surface area contributed by atoms with E-state index in [4.69, 9.17) is 10.5 Å². The summed E-state index contributed by atoms with van der Waals surface area (Å²) in [5, 5.41) is 2.87. The molecule has 0 spiro atoms. The maximum absolute atomic E-state index is 12.0. The molecule has 1 aromatic rings. The highest BCUT2D eigenvalue weighted by Gasteiger charge is 2.16. The first kappa shape index (κ1) is 13.6. The van der Waals surface area contributed by atoms with Crippen LogP contribution in [0.5, 0.6) is 0 Å². The maximum Gasteiger partial charge on any atom is 0.268 e. The van der Waals surface area contributed by atoms with Crippen LogP contribution < -0.4 is 11.1 Å². The van der Waals surface area contributed by atoms with Crippen molar-refractivity contribution in [3.8, 4) is 0 Å². The summed E-state index contributed by atoms with van der Waals surface area (Å²) < 4.78 is 6.84. The third kappa shape index (κ3) is 3.49. The fourth-order valence-corrected chi connectivity index (χ4v) is 1.70. The van der Waals surface area contributed by atoms with Gasteiger partial charge in [0.1, 0.15) is 5.69 Å². The average Bonchev–Trinajstić information content (AvgIpc) is 2.60. The normalized spacial score (nSPS) is 12.8. The number of carbonyl (C=O) groups excluding carboxylic acids is 1. The Morgan fingerprint density at radius 3 is 2.71 bits per heavy atom. The summed E-state index contributed by atoms with van der Waals surface area (Å²) >= 11 is 0. The van der Waals surface area contributed by atoms with Crippen molar-refractivity contribution in [1.29, 1.82) is 0 Å². The number of methoxy groups -OCH3 is 1. The van der Waals surface area contributed by atoms with Crippen LogP contribution in [0.2, 0.25) is 0 Å². The summed E-state index contributed by atoms with van der Waals surface area (Å²) in [6.45, 7) is 6.40. The van der Waals surface area contributed by atoms with Crippen LogP contribution in [0.4, 0.5) is 5.69 Å². The molecule has 1 heterocycles. The molecular weight excluding hydrogens is 218 g/mol. The first-order chi connectivity index (χ1) is 7.95. The van der Waals surface area contributed by atoms with E-state index in [-0.39, 0.29) is 18.0 Å². The lowest BCUT2D eigenvalue weighted by Crippen LogP contribution is -2.36. The van der Waals surface area contributed by atoms with E-state index in [0.717, 1.165) is 0 Å². The minimum atomic E-state index is -0.125. The molecule has 1 unspecified atom stereocenters. The van der Waals surface area contributed by atoms with E-state index in [1.54, 1.807) is 19.4 Å². The van der Waals surface area contributed by atoms with E-state index in [0.29, 0.717) is 18.0 Å². The first-order valence-electron chi connectivity index (χ1n) is 5.72. The van der Waals surface area contributed by atoms with Gasteiger partial charge < -0.3 is 20.4 Å². The van der Waals surface area contributed by atoms with E-state index < -0.39 is 0 Å². The zero-order valence-corrected chi connectivity index (χ0v) is 10.9. The summed E-state index contributed by atoms with van der Waals surface area (Å²) in [7, 11) is 1.61. The van der Waals surface area contributed by atoms with E-state index in [2.05, 4.69) is 5.32 Å². The van der Waals surface area contributed by atoms with Gasteiger partial charge in [0.15, 0.2) is 0 Å². The van der Waals surface area contributed by atoms with Gasteiger partial charge in [-0.05, 0) is 26.8 Å². The van der Waals surface area contributed by atoms with Crippen molar-refractivity contribution in [2.24, 2.45) is 0 Å². The monoisotopic (exact) mass is 239 g/mol. The van der Waals surface area contributed by atoms with Crippen LogP contribution in [0, 0.1) is 0 Å². The van der Waals surface area contributed by atoms with Crippen molar-refractivity contribution in [1.82, 2.24) is 9.88 Å². The number of nitrogens with one attached hydrogen (secondary N) is 1. The molecule has 17 heavy (non-hydrogen) atoms. The predicted octanol–water partition coefficient (Wildman–Crippen LogP) is 1.42. The summed E-state index contributed by atoms with van der Waals surface area (Å²) in [4.78, 5) is 12.0. The molecule has 0 aliphatic rings. The Labute approximate surface area is 102 Å². The Morgan fingerprint density at radius 2 is 2.18 bits per heavy atom. The fraction of sp³-hybridized carbons (Fsp3) is 0.583. The lowest BCUT2D eigenvalue weighted by atomic mass is 10.3. The summed E-state index contributed by atoms with van der Waals surface area (Å²) in [6, 6.07) is 1.87. The van der Waals surface area contributed by atoms with Crippen LogP contribution >= 0.6 is 0 Å². The van der Waals surface area contributed by atoms with E-state index in [1.807, 2.05) is 25.3 Å². The van der Waals surface area contributed by atoms with Gasteiger partial charge in [-0.15, -0.1) is 0 Å². The molecule has 1 aromatic heterocycles. The van der Waals surface area contributed by atoms with Gasteiger partial charge in [-0.25, -0.2) is 0 Å². The summed E-state index contributed by atoms with van der Waals surface area (Å²) in [5.41, 5.74) is 6.90. The molecule has 0 saturated heterocycles. The Bertz CT molecular complexity index is 385. The van der Waals surface area contributed by atoms with E-state index in [9.17, 15) is 4.79 Å². The second-order valence-corrected chi connectivity index (χ2v) is 4.49. The number of amides is 1. The van der Waals surface area contributed by atoms with Crippen LogP contribution in [0.15, 0.2) is 12.3 Å². The molecule has 1 rings (SSSR count). The fourth-order valence-electron chi connectivity index (χ4n) is 1.70. The third-order valence-corrected chi connectivity index (χ3v) is 2.45. The predicted molar refractivity (Wildman–Crippen MR) is 68.0 cm³/mol. The quantitative estimate of drug-likeness (QED) is 0.816.